The van der Waals surface area contributed by atoms with Gasteiger partial charge in [0.2, 0.25) is 0 Å². The third-order valence-corrected chi connectivity index (χ3v) is 8.26. The van der Waals surface area contributed by atoms with E-state index in [1.807, 2.05) is 0 Å². The second kappa shape index (κ2) is 9.79. The minimum Gasteiger partial charge on any atom is -0.0616 e. The molecule has 0 heteroatoms. The number of fused-ring (bicyclic) bond motifs is 2. The standard InChI is InChI=1S/C40H38/c1-39(2,3)29-19-15-27(16-20-29)31-23-25-37(35-13-9-7-11-33(31)35)38-26-24-32(34-12-8-10-14-36(34)38)28-17-21-30(22-18-28)40(4,5)6/h7-26H,1-6H3. The zero-order valence-electron chi connectivity index (χ0n) is 24.5. The predicted molar refractivity (Wildman–Crippen MR) is 175 cm³/mol. The molecule has 6 rings (SSSR count). The summed E-state index contributed by atoms with van der Waals surface area (Å²) in [5.41, 5.74) is 10.6. The molecular formula is C40H38. The maximum atomic E-state index is 2.31. The molecule has 40 heavy (non-hydrogen) atoms. The van der Waals surface area contributed by atoms with Crippen LogP contribution in [-0.2, 0) is 10.8 Å². The molecule has 0 aliphatic rings. The Kier molecular flexibility index (Phi) is 6.38. The molecule has 0 aliphatic heterocycles. The lowest BCUT2D eigenvalue weighted by Crippen LogP contribution is -2.10. The van der Waals surface area contributed by atoms with Gasteiger partial charge in [-0.15, -0.1) is 0 Å². The van der Waals surface area contributed by atoms with Gasteiger partial charge in [-0.25, -0.2) is 0 Å². The summed E-state index contributed by atoms with van der Waals surface area (Å²) in [6.07, 6.45) is 0. The predicted octanol–water partition coefficient (Wildman–Crippen LogP) is 11.6. The van der Waals surface area contributed by atoms with E-state index in [0.29, 0.717) is 0 Å². The van der Waals surface area contributed by atoms with Crippen molar-refractivity contribution >= 4 is 21.5 Å². The summed E-state index contributed by atoms with van der Waals surface area (Å²) >= 11 is 0. The van der Waals surface area contributed by atoms with E-state index in [0.717, 1.165) is 0 Å². The Bertz CT molecular complexity index is 1680. The average molecular weight is 519 g/mol. The Hall–Kier alpha value is -4.16. The van der Waals surface area contributed by atoms with Crippen molar-refractivity contribution in [3.8, 4) is 33.4 Å². The topological polar surface area (TPSA) is 0 Å². The first kappa shape index (κ1) is 26.1. The molecule has 198 valence electrons. The van der Waals surface area contributed by atoms with Crippen LogP contribution in [0.1, 0.15) is 52.7 Å². The van der Waals surface area contributed by atoms with E-state index in [2.05, 4.69) is 163 Å². The van der Waals surface area contributed by atoms with E-state index in [1.54, 1.807) is 0 Å². The third kappa shape index (κ3) is 4.73. The van der Waals surface area contributed by atoms with E-state index in [-0.39, 0.29) is 10.8 Å². The van der Waals surface area contributed by atoms with Crippen molar-refractivity contribution in [2.75, 3.05) is 0 Å². The number of rotatable bonds is 3. The summed E-state index contributed by atoms with van der Waals surface area (Å²) in [4.78, 5) is 0. The lowest BCUT2D eigenvalue weighted by atomic mass is 9.84. The van der Waals surface area contributed by atoms with E-state index in [1.165, 1.54) is 66.1 Å². The summed E-state index contributed by atoms with van der Waals surface area (Å²) in [6, 6.07) is 45.1. The fourth-order valence-electron chi connectivity index (χ4n) is 5.87. The Morgan fingerprint density at radius 2 is 0.575 bits per heavy atom. The summed E-state index contributed by atoms with van der Waals surface area (Å²) < 4.78 is 0. The molecule has 0 N–H and O–H groups in total. The maximum Gasteiger partial charge on any atom is -0.00987 e. The van der Waals surface area contributed by atoms with Crippen molar-refractivity contribution in [2.45, 2.75) is 52.4 Å². The SMILES string of the molecule is CC(C)(C)c1ccc(-c2ccc(-c3ccc(-c4ccc(C(C)(C)C)cc4)c4ccccc34)c3ccccc23)cc1. The zero-order valence-corrected chi connectivity index (χ0v) is 24.5. The molecule has 0 aliphatic carbocycles. The first-order valence-corrected chi connectivity index (χ1v) is 14.4. The van der Waals surface area contributed by atoms with Crippen LogP contribution in [0.3, 0.4) is 0 Å². The molecule has 0 atom stereocenters. The molecule has 0 amide bonds. The summed E-state index contributed by atoms with van der Waals surface area (Å²) in [7, 11) is 0. The van der Waals surface area contributed by atoms with Crippen molar-refractivity contribution < 1.29 is 0 Å². The van der Waals surface area contributed by atoms with Crippen molar-refractivity contribution in [3.05, 3.63) is 132 Å². The molecule has 0 bridgehead atoms. The van der Waals surface area contributed by atoms with Crippen LogP contribution < -0.4 is 0 Å². The van der Waals surface area contributed by atoms with Crippen molar-refractivity contribution in [1.82, 2.24) is 0 Å². The smallest absolute Gasteiger partial charge is 0.00987 e. The highest BCUT2D eigenvalue weighted by Gasteiger charge is 2.17. The molecule has 0 spiro atoms. The van der Waals surface area contributed by atoms with Crippen LogP contribution in [0.15, 0.2) is 121 Å². The minimum absolute atomic E-state index is 0.145. The van der Waals surface area contributed by atoms with Crippen LogP contribution in [0, 0.1) is 0 Å². The van der Waals surface area contributed by atoms with Crippen molar-refractivity contribution in [1.29, 1.82) is 0 Å². The Balaban J connectivity index is 1.49. The van der Waals surface area contributed by atoms with Gasteiger partial charge in [-0.05, 0) is 76.9 Å². The van der Waals surface area contributed by atoms with Gasteiger partial charge in [-0.2, -0.15) is 0 Å². The molecular weight excluding hydrogens is 480 g/mol. The molecule has 6 aromatic rings. The second-order valence-electron chi connectivity index (χ2n) is 13.1. The molecule has 0 radical (unpaired) electrons. The summed E-state index contributed by atoms with van der Waals surface area (Å²) in [5, 5.41) is 5.14. The van der Waals surface area contributed by atoms with Gasteiger partial charge in [-0.1, -0.05) is 163 Å². The summed E-state index contributed by atoms with van der Waals surface area (Å²) in [6.45, 7) is 13.6. The third-order valence-electron chi connectivity index (χ3n) is 8.26. The van der Waals surface area contributed by atoms with Gasteiger partial charge >= 0.3 is 0 Å². The molecule has 0 aromatic heterocycles. The lowest BCUT2D eigenvalue weighted by molar-refractivity contribution is 0.590. The van der Waals surface area contributed by atoms with E-state index in [9.17, 15) is 0 Å². The van der Waals surface area contributed by atoms with Gasteiger partial charge in [0.15, 0.2) is 0 Å². The number of hydrogen-bond acceptors (Lipinski definition) is 0. The van der Waals surface area contributed by atoms with E-state index >= 15 is 0 Å². The fraction of sp³-hybridized carbons (Fsp3) is 0.200. The molecule has 0 saturated heterocycles. The lowest BCUT2D eigenvalue weighted by Gasteiger charge is -2.20. The van der Waals surface area contributed by atoms with Crippen molar-refractivity contribution in [2.24, 2.45) is 0 Å². The van der Waals surface area contributed by atoms with Crippen molar-refractivity contribution in [3.63, 3.8) is 0 Å². The highest BCUT2D eigenvalue weighted by Crippen LogP contribution is 2.41. The van der Waals surface area contributed by atoms with E-state index in [4.69, 9.17) is 0 Å². The number of benzene rings is 6. The van der Waals surface area contributed by atoms with Crippen LogP contribution in [-0.4, -0.2) is 0 Å². The minimum atomic E-state index is 0.145. The molecule has 6 aromatic carbocycles. The molecule has 0 saturated carbocycles. The van der Waals surface area contributed by atoms with Crippen LogP contribution in [0.5, 0.6) is 0 Å². The monoisotopic (exact) mass is 518 g/mol. The van der Waals surface area contributed by atoms with Crippen LogP contribution in [0.2, 0.25) is 0 Å². The maximum absolute atomic E-state index is 2.31. The Morgan fingerprint density at radius 1 is 0.300 bits per heavy atom. The van der Waals surface area contributed by atoms with Crippen LogP contribution in [0.4, 0.5) is 0 Å². The second-order valence-corrected chi connectivity index (χ2v) is 13.1. The molecule has 0 heterocycles. The van der Waals surface area contributed by atoms with Gasteiger partial charge in [0.05, 0.1) is 0 Å². The zero-order chi connectivity index (χ0) is 28.1. The van der Waals surface area contributed by atoms with Gasteiger partial charge < -0.3 is 0 Å². The fourth-order valence-corrected chi connectivity index (χ4v) is 5.87. The average Bonchev–Trinajstić information content (AvgIpc) is 2.95. The molecule has 0 unspecified atom stereocenters. The molecule has 0 nitrogen and oxygen atoms in total. The first-order chi connectivity index (χ1) is 19.1. The van der Waals surface area contributed by atoms with Gasteiger partial charge in [0, 0.05) is 0 Å². The molecule has 0 fully saturated rings. The summed E-state index contributed by atoms with van der Waals surface area (Å²) in [5.74, 6) is 0. The largest absolute Gasteiger partial charge is 0.0616 e. The quantitative estimate of drug-likeness (QED) is 0.218. The first-order valence-electron chi connectivity index (χ1n) is 14.4. The Labute approximate surface area is 239 Å². The van der Waals surface area contributed by atoms with Crippen LogP contribution in [0.25, 0.3) is 54.9 Å². The van der Waals surface area contributed by atoms with Gasteiger partial charge in [0.25, 0.3) is 0 Å². The highest BCUT2D eigenvalue weighted by atomic mass is 14.2. The Morgan fingerprint density at radius 3 is 0.875 bits per heavy atom. The number of hydrogen-bond donors (Lipinski definition) is 0. The van der Waals surface area contributed by atoms with Gasteiger partial charge in [-0.3, -0.25) is 0 Å². The van der Waals surface area contributed by atoms with Crippen LogP contribution >= 0.6 is 0 Å². The van der Waals surface area contributed by atoms with Gasteiger partial charge in [0.1, 0.15) is 0 Å². The highest BCUT2D eigenvalue weighted by molar-refractivity contribution is 6.12. The van der Waals surface area contributed by atoms with E-state index < -0.39 is 0 Å². The normalized spacial score (nSPS) is 12.2.